The maximum absolute atomic E-state index is 11.8. The second-order valence-electron chi connectivity index (χ2n) is 5.15. The topological polar surface area (TPSA) is 83.4 Å². The van der Waals surface area contributed by atoms with Crippen LogP contribution in [0.2, 0.25) is 0 Å². The summed E-state index contributed by atoms with van der Waals surface area (Å²) in [6.07, 6.45) is 4.79. The number of amides is 1. The van der Waals surface area contributed by atoms with E-state index in [-0.39, 0.29) is 18.9 Å². The average Bonchev–Trinajstić information content (AvgIpc) is 3.07. The number of carboxylic acid groups (broad SMARTS) is 1. The zero-order valence-electron chi connectivity index (χ0n) is 10.4. The molecule has 102 valence electrons. The largest absolute Gasteiger partial charge is 0.481 e. The van der Waals surface area contributed by atoms with Gasteiger partial charge in [-0.05, 0) is 12.8 Å². The lowest BCUT2D eigenvalue weighted by molar-refractivity contribution is -0.141. The average molecular weight is 281 g/mol. The molecular weight excluding hydrogens is 266 g/mol. The molecule has 1 aliphatic carbocycles. The van der Waals surface area contributed by atoms with E-state index in [1.165, 1.54) is 29.1 Å². The summed E-state index contributed by atoms with van der Waals surface area (Å²) >= 11 is 1.43. The fraction of sp³-hybridized carbons (Fsp3) is 0.667. The number of aliphatic carboxylic acids is 1. The minimum Gasteiger partial charge on any atom is -0.481 e. The molecule has 1 atom stereocenters. The van der Waals surface area contributed by atoms with Crippen LogP contribution < -0.4 is 4.90 Å². The van der Waals surface area contributed by atoms with Crippen molar-refractivity contribution in [3.05, 3.63) is 5.01 Å². The van der Waals surface area contributed by atoms with Gasteiger partial charge in [0.2, 0.25) is 11.0 Å². The molecule has 1 unspecified atom stereocenters. The van der Waals surface area contributed by atoms with Crippen molar-refractivity contribution in [3.8, 4) is 0 Å². The molecule has 1 saturated carbocycles. The van der Waals surface area contributed by atoms with Crippen LogP contribution in [0.5, 0.6) is 0 Å². The summed E-state index contributed by atoms with van der Waals surface area (Å²) in [5, 5.41) is 18.7. The Balaban J connectivity index is 1.75. The van der Waals surface area contributed by atoms with Crippen LogP contribution in [0.4, 0.5) is 5.13 Å². The normalized spacial score (nSPS) is 24.3. The third-order valence-corrected chi connectivity index (χ3v) is 4.95. The zero-order chi connectivity index (χ0) is 13.4. The van der Waals surface area contributed by atoms with Crippen molar-refractivity contribution >= 4 is 28.3 Å². The molecule has 2 fully saturated rings. The maximum Gasteiger partial charge on any atom is 0.308 e. The Bertz CT molecular complexity index is 510. The number of carbonyl (C=O) groups is 2. The van der Waals surface area contributed by atoms with Crippen molar-refractivity contribution in [2.24, 2.45) is 5.92 Å². The second-order valence-corrected chi connectivity index (χ2v) is 6.14. The first-order valence-electron chi connectivity index (χ1n) is 6.51. The summed E-state index contributed by atoms with van der Waals surface area (Å²) in [5.74, 6) is -1.23. The number of hydrogen-bond acceptors (Lipinski definition) is 5. The summed E-state index contributed by atoms with van der Waals surface area (Å²) in [4.78, 5) is 24.2. The van der Waals surface area contributed by atoms with Crippen LogP contribution >= 0.6 is 11.3 Å². The van der Waals surface area contributed by atoms with Gasteiger partial charge >= 0.3 is 5.97 Å². The Morgan fingerprint density at radius 1 is 1.32 bits per heavy atom. The zero-order valence-corrected chi connectivity index (χ0v) is 11.2. The van der Waals surface area contributed by atoms with Gasteiger partial charge in [0.25, 0.3) is 0 Å². The Hall–Kier alpha value is -1.50. The highest BCUT2D eigenvalue weighted by Gasteiger charge is 2.37. The summed E-state index contributed by atoms with van der Waals surface area (Å²) in [6, 6.07) is 0. The van der Waals surface area contributed by atoms with E-state index in [1.807, 2.05) is 0 Å². The van der Waals surface area contributed by atoms with Gasteiger partial charge < -0.3 is 5.11 Å². The monoisotopic (exact) mass is 281 g/mol. The van der Waals surface area contributed by atoms with E-state index >= 15 is 0 Å². The number of anilines is 1. The van der Waals surface area contributed by atoms with Gasteiger partial charge in [-0.1, -0.05) is 24.2 Å². The van der Waals surface area contributed by atoms with E-state index in [4.69, 9.17) is 5.11 Å². The molecule has 1 amide bonds. The van der Waals surface area contributed by atoms with Gasteiger partial charge in [-0.3, -0.25) is 14.5 Å². The summed E-state index contributed by atoms with van der Waals surface area (Å²) in [6.45, 7) is 0.216. The standard InChI is InChI=1S/C12H15N3O3S/c16-9-5-8(11(17)18)6-15(9)12-14-13-10(19-12)7-3-1-2-4-7/h7-8H,1-6H2,(H,17,18). The third-order valence-electron chi connectivity index (χ3n) is 3.84. The van der Waals surface area contributed by atoms with Crippen LogP contribution in [0, 0.1) is 5.92 Å². The van der Waals surface area contributed by atoms with Crippen molar-refractivity contribution in [1.82, 2.24) is 10.2 Å². The molecule has 0 spiro atoms. The number of hydrogen-bond donors (Lipinski definition) is 1. The Morgan fingerprint density at radius 3 is 2.68 bits per heavy atom. The van der Waals surface area contributed by atoms with Gasteiger partial charge in [-0.25, -0.2) is 0 Å². The Morgan fingerprint density at radius 2 is 2.05 bits per heavy atom. The van der Waals surface area contributed by atoms with Crippen molar-refractivity contribution < 1.29 is 14.7 Å². The highest BCUT2D eigenvalue weighted by molar-refractivity contribution is 7.15. The smallest absolute Gasteiger partial charge is 0.308 e. The quantitative estimate of drug-likeness (QED) is 0.910. The fourth-order valence-corrected chi connectivity index (χ4v) is 3.77. The van der Waals surface area contributed by atoms with Gasteiger partial charge in [-0.2, -0.15) is 0 Å². The van der Waals surface area contributed by atoms with Crippen molar-refractivity contribution in [2.45, 2.75) is 38.0 Å². The summed E-state index contributed by atoms with van der Waals surface area (Å²) < 4.78 is 0. The van der Waals surface area contributed by atoms with Gasteiger partial charge in [0, 0.05) is 18.9 Å². The van der Waals surface area contributed by atoms with Crippen LogP contribution in [0.15, 0.2) is 0 Å². The lowest BCUT2D eigenvalue weighted by Gasteiger charge is -2.10. The van der Waals surface area contributed by atoms with Gasteiger partial charge in [0.05, 0.1) is 5.92 Å². The Labute approximate surface area is 114 Å². The first-order valence-corrected chi connectivity index (χ1v) is 7.33. The molecule has 6 nitrogen and oxygen atoms in total. The van der Waals surface area contributed by atoms with Crippen molar-refractivity contribution in [3.63, 3.8) is 0 Å². The van der Waals surface area contributed by atoms with Gasteiger partial charge in [0.1, 0.15) is 5.01 Å². The predicted octanol–water partition coefficient (Wildman–Crippen LogP) is 1.63. The molecule has 1 saturated heterocycles. The van der Waals surface area contributed by atoms with Gasteiger partial charge in [-0.15, -0.1) is 10.2 Å². The lowest BCUT2D eigenvalue weighted by Crippen LogP contribution is -2.25. The number of carboxylic acids is 1. The molecule has 1 aromatic heterocycles. The van der Waals surface area contributed by atoms with E-state index in [0.717, 1.165) is 17.8 Å². The van der Waals surface area contributed by atoms with Crippen LogP contribution in [-0.2, 0) is 9.59 Å². The van der Waals surface area contributed by atoms with Crippen molar-refractivity contribution in [1.29, 1.82) is 0 Å². The molecule has 2 heterocycles. The molecule has 1 aliphatic heterocycles. The van der Waals surface area contributed by atoms with Crippen LogP contribution in [0.1, 0.15) is 43.0 Å². The number of rotatable bonds is 3. The summed E-state index contributed by atoms with van der Waals surface area (Å²) in [5.41, 5.74) is 0. The highest BCUT2D eigenvalue weighted by Crippen LogP contribution is 2.38. The van der Waals surface area contributed by atoms with E-state index in [0.29, 0.717) is 11.0 Å². The van der Waals surface area contributed by atoms with E-state index in [1.54, 1.807) is 0 Å². The number of carbonyl (C=O) groups excluding carboxylic acids is 1. The van der Waals surface area contributed by atoms with Crippen LogP contribution in [0.25, 0.3) is 0 Å². The number of nitrogens with zero attached hydrogens (tertiary/aromatic N) is 3. The molecule has 0 bridgehead atoms. The molecule has 0 radical (unpaired) electrons. The third kappa shape index (κ3) is 2.34. The van der Waals surface area contributed by atoms with Crippen LogP contribution in [0.3, 0.4) is 0 Å². The number of aromatic nitrogens is 2. The first kappa shape index (κ1) is 12.5. The Kier molecular flexibility index (Phi) is 3.22. The van der Waals surface area contributed by atoms with Gasteiger partial charge in [0.15, 0.2) is 0 Å². The van der Waals surface area contributed by atoms with Crippen LogP contribution in [-0.4, -0.2) is 33.7 Å². The van der Waals surface area contributed by atoms with E-state index < -0.39 is 11.9 Å². The molecular formula is C12H15N3O3S. The first-order chi connectivity index (χ1) is 9.15. The minimum absolute atomic E-state index is 0.0632. The fourth-order valence-electron chi connectivity index (χ4n) is 2.73. The SMILES string of the molecule is O=C(O)C1CC(=O)N(c2nnc(C3CCCC3)s2)C1. The van der Waals surface area contributed by atoms with Crippen molar-refractivity contribution in [2.75, 3.05) is 11.4 Å². The van der Waals surface area contributed by atoms with E-state index in [9.17, 15) is 9.59 Å². The van der Waals surface area contributed by atoms with E-state index in [2.05, 4.69) is 10.2 Å². The maximum atomic E-state index is 11.8. The summed E-state index contributed by atoms with van der Waals surface area (Å²) in [7, 11) is 0. The molecule has 2 aliphatic rings. The molecule has 19 heavy (non-hydrogen) atoms. The molecule has 7 heteroatoms. The molecule has 3 rings (SSSR count). The minimum atomic E-state index is -0.920. The predicted molar refractivity (Wildman–Crippen MR) is 69.2 cm³/mol. The lowest BCUT2D eigenvalue weighted by atomic mass is 10.1. The molecule has 1 aromatic rings. The highest BCUT2D eigenvalue weighted by atomic mass is 32.1. The molecule has 0 aromatic carbocycles. The molecule has 1 N–H and O–H groups in total. The second kappa shape index (κ2) is 4.88.